The van der Waals surface area contributed by atoms with Crippen molar-refractivity contribution >= 4 is 40.3 Å². The number of hydrogen-bond acceptors (Lipinski definition) is 9. The number of methoxy groups -OCH3 is 1. The van der Waals surface area contributed by atoms with Gasteiger partial charge in [0.25, 0.3) is 11.5 Å². The van der Waals surface area contributed by atoms with Gasteiger partial charge >= 0.3 is 5.69 Å². The standard InChI is InChI=1S/C32H32ClN5O7/c1-19(2)23-16-24(20(3)13-28(23)43-4)31-35-26-8-6-5-7-22(26)32(40)37(31)34-17-21-14-25(33)30(27(15-21)38(41)42)45-18-29(39)36-9-11-44-12-10-36/h5-8,13-17,19H,9-12,18H2,1-4H3. The first-order valence-electron chi connectivity index (χ1n) is 14.3. The summed E-state index contributed by atoms with van der Waals surface area (Å²) in [5, 5.41) is 16.7. The van der Waals surface area contributed by atoms with Crippen LogP contribution in [0, 0.1) is 17.0 Å². The van der Waals surface area contributed by atoms with Gasteiger partial charge in [-0.1, -0.05) is 37.6 Å². The topological polar surface area (TPSA) is 138 Å². The van der Waals surface area contributed by atoms with E-state index in [1.165, 1.54) is 23.0 Å². The number of carbonyl (C=O) groups is 1. The number of ether oxygens (including phenoxy) is 3. The maximum Gasteiger partial charge on any atom is 0.313 e. The minimum absolute atomic E-state index is 0.0859. The van der Waals surface area contributed by atoms with Crippen LogP contribution in [-0.2, 0) is 9.53 Å². The Labute approximate surface area is 263 Å². The van der Waals surface area contributed by atoms with E-state index in [4.69, 9.17) is 30.8 Å². The van der Waals surface area contributed by atoms with E-state index in [1.807, 2.05) is 32.9 Å². The number of carbonyl (C=O) groups excluding carboxylic acids is 1. The number of nitro groups is 1. The Morgan fingerprint density at radius 2 is 1.93 bits per heavy atom. The summed E-state index contributed by atoms with van der Waals surface area (Å²) in [5.74, 6) is 0.565. The van der Waals surface area contributed by atoms with Crippen molar-refractivity contribution in [3.05, 3.63) is 90.7 Å². The Morgan fingerprint density at radius 1 is 1.20 bits per heavy atom. The highest BCUT2D eigenvalue weighted by atomic mass is 35.5. The van der Waals surface area contributed by atoms with Crippen LogP contribution in [0.4, 0.5) is 5.69 Å². The van der Waals surface area contributed by atoms with Crippen LogP contribution in [0.25, 0.3) is 22.3 Å². The predicted octanol–water partition coefficient (Wildman–Crippen LogP) is 5.19. The highest BCUT2D eigenvalue weighted by Gasteiger charge is 2.24. The molecule has 0 aliphatic carbocycles. The van der Waals surface area contributed by atoms with Crippen LogP contribution in [0.5, 0.6) is 11.5 Å². The van der Waals surface area contributed by atoms with E-state index in [-0.39, 0.29) is 28.2 Å². The smallest absolute Gasteiger partial charge is 0.313 e. The summed E-state index contributed by atoms with van der Waals surface area (Å²) in [7, 11) is 1.61. The number of fused-ring (bicyclic) bond motifs is 1. The van der Waals surface area contributed by atoms with E-state index in [0.29, 0.717) is 48.6 Å². The van der Waals surface area contributed by atoms with E-state index < -0.39 is 22.8 Å². The number of halogens is 1. The summed E-state index contributed by atoms with van der Waals surface area (Å²) < 4.78 is 17.6. The summed E-state index contributed by atoms with van der Waals surface area (Å²) in [5.41, 5.74) is 2.29. The number of rotatable bonds is 9. The summed E-state index contributed by atoms with van der Waals surface area (Å²) in [6.45, 7) is 7.19. The zero-order chi connectivity index (χ0) is 32.2. The van der Waals surface area contributed by atoms with Crippen molar-refractivity contribution in [2.45, 2.75) is 26.7 Å². The fraction of sp³-hybridized carbons (Fsp3) is 0.312. The highest BCUT2D eigenvalue weighted by Crippen LogP contribution is 2.37. The quantitative estimate of drug-likeness (QED) is 0.140. The van der Waals surface area contributed by atoms with Gasteiger partial charge in [0.1, 0.15) is 5.75 Å². The van der Waals surface area contributed by atoms with Gasteiger partial charge in [-0.2, -0.15) is 9.78 Å². The molecule has 45 heavy (non-hydrogen) atoms. The van der Waals surface area contributed by atoms with E-state index in [2.05, 4.69) is 5.10 Å². The number of nitrogens with zero attached hydrogens (tertiary/aromatic N) is 5. The highest BCUT2D eigenvalue weighted by molar-refractivity contribution is 6.32. The molecule has 1 saturated heterocycles. The first-order chi connectivity index (χ1) is 21.6. The molecule has 2 heterocycles. The van der Waals surface area contributed by atoms with Crippen molar-refractivity contribution in [1.29, 1.82) is 0 Å². The molecule has 0 saturated carbocycles. The largest absolute Gasteiger partial charge is 0.496 e. The third-order valence-electron chi connectivity index (χ3n) is 7.46. The molecule has 13 heteroatoms. The molecular weight excluding hydrogens is 602 g/mol. The molecule has 1 aliphatic heterocycles. The maximum atomic E-state index is 13.8. The van der Waals surface area contributed by atoms with Crippen molar-refractivity contribution in [2.24, 2.45) is 5.10 Å². The van der Waals surface area contributed by atoms with Gasteiger partial charge in [0.2, 0.25) is 5.75 Å². The van der Waals surface area contributed by atoms with Crippen molar-refractivity contribution < 1.29 is 23.9 Å². The first-order valence-corrected chi connectivity index (χ1v) is 14.7. The molecular formula is C32H32ClN5O7. The van der Waals surface area contributed by atoms with Gasteiger partial charge in [0.05, 0.1) is 47.4 Å². The number of nitro benzene ring substituents is 1. The number of morpholine rings is 1. The van der Waals surface area contributed by atoms with Crippen LogP contribution in [-0.4, -0.2) is 71.6 Å². The van der Waals surface area contributed by atoms with Crippen molar-refractivity contribution in [3.63, 3.8) is 0 Å². The average molecular weight is 634 g/mol. The molecule has 234 valence electrons. The lowest BCUT2D eigenvalue weighted by Crippen LogP contribution is -2.43. The van der Waals surface area contributed by atoms with Gasteiger partial charge < -0.3 is 19.1 Å². The van der Waals surface area contributed by atoms with Crippen LogP contribution in [0.1, 0.15) is 36.5 Å². The van der Waals surface area contributed by atoms with Gasteiger partial charge in [-0.15, -0.1) is 0 Å². The fourth-order valence-electron chi connectivity index (χ4n) is 5.09. The fourth-order valence-corrected chi connectivity index (χ4v) is 5.36. The Bertz CT molecular complexity index is 1870. The number of benzene rings is 3. The second-order valence-corrected chi connectivity index (χ2v) is 11.2. The molecule has 0 unspecified atom stereocenters. The van der Waals surface area contributed by atoms with Crippen LogP contribution in [0.15, 0.2) is 58.4 Å². The average Bonchev–Trinajstić information content (AvgIpc) is 3.03. The third kappa shape index (κ3) is 6.66. The number of aromatic nitrogens is 2. The second-order valence-electron chi connectivity index (χ2n) is 10.8. The molecule has 12 nitrogen and oxygen atoms in total. The molecule has 5 rings (SSSR count). The van der Waals surface area contributed by atoms with Crippen LogP contribution in [0.3, 0.4) is 0 Å². The molecule has 0 N–H and O–H groups in total. The SMILES string of the molecule is COc1cc(C)c(-c2nc3ccccc3c(=O)n2N=Cc2cc(Cl)c(OCC(=O)N3CCOCC3)c([N+](=O)[O-])c2)cc1C(C)C. The van der Waals surface area contributed by atoms with Gasteiger partial charge in [-0.05, 0) is 54.3 Å². The van der Waals surface area contributed by atoms with Crippen molar-refractivity contribution in [3.8, 4) is 22.9 Å². The van der Waals surface area contributed by atoms with E-state index in [9.17, 15) is 19.7 Å². The van der Waals surface area contributed by atoms with E-state index in [1.54, 1.807) is 36.3 Å². The molecule has 1 fully saturated rings. The number of amides is 1. The number of para-hydroxylation sites is 1. The van der Waals surface area contributed by atoms with Crippen LogP contribution >= 0.6 is 11.6 Å². The molecule has 0 bridgehead atoms. The predicted molar refractivity (Wildman–Crippen MR) is 171 cm³/mol. The Hall–Kier alpha value is -4.81. The minimum atomic E-state index is -0.652. The lowest BCUT2D eigenvalue weighted by molar-refractivity contribution is -0.385. The minimum Gasteiger partial charge on any atom is -0.496 e. The number of aryl methyl sites for hydroxylation is 1. The van der Waals surface area contributed by atoms with E-state index in [0.717, 1.165) is 16.9 Å². The molecule has 0 spiro atoms. The zero-order valence-electron chi connectivity index (χ0n) is 25.3. The zero-order valence-corrected chi connectivity index (χ0v) is 26.0. The molecule has 0 atom stereocenters. The van der Waals surface area contributed by atoms with Crippen LogP contribution < -0.4 is 15.0 Å². The summed E-state index contributed by atoms with van der Waals surface area (Å²) >= 11 is 6.43. The Morgan fingerprint density at radius 3 is 2.62 bits per heavy atom. The molecule has 4 aromatic rings. The second kappa shape index (κ2) is 13.4. The summed E-state index contributed by atoms with van der Waals surface area (Å²) in [6, 6.07) is 13.4. The summed E-state index contributed by atoms with van der Waals surface area (Å²) in [6.07, 6.45) is 1.30. The lowest BCUT2D eigenvalue weighted by atomic mass is 9.96. The van der Waals surface area contributed by atoms with Gasteiger partial charge in [0.15, 0.2) is 12.4 Å². The van der Waals surface area contributed by atoms with Gasteiger partial charge in [-0.3, -0.25) is 19.7 Å². The van der Waals surface area contributed by atoms with Gasteiger partial charge in [-0.25, -0.2) is 4.98 Å². The molecule has 1 aromatic heterocycles. The molecule has 1 amide bonds. The van der Waals surface area contributed by atoms with Crippen molar-refractivity contribution in [2.75, 3.05) is 40.0 Å². The molecule has 0 radical (unpaired) electrons. The Balaban J connectivity index is 1.56. The Kier molecular flexibility index (Phi) is 9.45. The van der Waals surface area contributed by atoms with Crippen molar-refractivity contribution in [1.82, 2.24) is 14.6 Å². The van der Waals surface area contributed by atoms with E-state index >= 15 is 0 Å². The summed E-state index contributed by atoms with van der Waals surface area (Å²) in [4.78, 5) is 44.0. The molecule has 1 aliphatic rings. The molecule has 3 aromatic carbocycles. The maximum absolute atomic E-state index is 13.8. The third-order valence-corrected chi connectivity index (χ3v) is 7.74. The first kappa shape index (κ1) is 31.6. The number of hydrogen-bond donors (Lipinski definition) is 0. The monoisotopic (exact) mass is 633 g/mol. The van der Waals surface area contributed by atoms with Crippen LogP contribution in [0.2, 0.25) is 5.02 Å². The normalized spacial score (nSPS) is 13.5. The van der Waals surface area contributed by atoms with Gasteiger partial charge in [0, 0.05) is 30.3 Å². The lowest BCUT2D eigenvalue weighted by Gasteiger charge is -2.26.